The zero-order chi connectivity index (χ0) is 18.3. The van der Waals surface area contributed by atoms with E-state index in [1.165, 1.54) is 0 Å². The number of quaternary nitrogens is 4. The molecule has 1 rings (SSSR count). The summed E-state index contributed by atoms with van der Waals surface area (Å²) in [5, 5.41) is 43.5. The summed E-state index contributed by atoms with van der Waals surface area (Å²) in [6.07, 6.45) is 2.12. The van der Waals surface area contributed by atoms with Crippen LogP contribution in [0.15, 0.2) is 0 Å². The minimum Gasteiger partial charge on any atom is -0.549 e. The number of rotatable bonds is 10. The van der Waals surface area contributed by atoms with Crippen LogP contribution in [0.5, 0.6) is 0 Å². The third kappa shape index (κ3) is 11.4. The maximum absolute atomic E-state index is 10.9. The Bertz CT molecular complexity index is 430. The molecule has 28 heavy (non-hydrogen) atoms. The average Bonchev–Trinajstić information content (AvgIpc) is 2.44. The van der Waals surface area contributed by atoms with Gasteiger partial charge in [-0.2, -0.15) is 0 Å². The summed E-state index contributed by atoms with van der Waals surface area (Å²) >= 11 is 0. The highest BCUT2D eigenvalue weighted by Crippen LogP contribution is 2.27. The molecule has 0 spiro atoms. The molecule has 14 nitrogen and oxygen atoms in total. The van der Waals surface area contributed by atoms with Gasteiger partial charge in [-0.05, 0) is 12.8 Å². The molecule has 0 aliphatic heterocycles. The van der Waals surface area contributed by atoms with Crippen molar-refractivity contribution in [1.29, 1.82) is 0 Å². The van der Waals surface area contributed by atoms with Crippen LogP contribution in [0.25, 0.3) is 0 Å². The lowest BCUT2D eigenvalue weighted by Gasteiger charge is -2.45. The highest BCUT2D eigenvalue weighted by atomic mass is 16.4. The number of carboxylic acid groups (broad SMARTS) is 4. The molecule has 1 fully saturated rings. The van der Waals surface area contributed by atoms with Crippen molar-refractivity contribution in [3.63, 3.8) is 0 Å². The highest BCUT2D eigenvalue weighted by Gasteiger charge is 2.34. The molecule has 0 bridgehead atoms. The fourth-order valence-corrected chi connectivity index (χ4v) is 3.19. The molecule has 0 aromatic rings. The zero-order valence-corrected chi connectivity index (χ0v) is 17.0. The van der Waals surface area contributed by atoms with E-state index in [2.05, 4.69) is 0 Å². The number of carbonyl (C=O) groups is 4. The van der Waals surface area contributed by atoms with Gasteiger partial charge in [-0.15, -0.1) is 0 Å². The van der Waals surface area contributed by atoms with E-state index in [9.17, 15) is 39.6 Å². The lowest BCUT2D eigenvalue weighted by molar-refractivity contribution is -0.316. The van der Waals surface area contributed by atoms with E-state index in [1.54, 1.807) is 0 Å². The van der Waals surface area contributed by atoms with Crippen molar-refractivity contribution in [1.82, 2.24) is 34.4 Å². The highest BCUT2D eigenvalue weighted by molar-refractivity contribution is 5.71. The molecule has 0 radical (unpaired) electrons. The van der Waals surface area contributed by atoms with Gasteiger partial charge in [0.2, 0.25) is 0 Å². The van der Waals surface area contributed by atoms with Gasteiger partial charge in [-0.25, -0.2) is 0 Å². The van der Waals surface area contributed by atoms with Gasteiger partial charge in [0, 0.05) is 38.3 Å². The summed E-state index contributed by atoms with van der Waals surface area (Å²) in [6, 6.07) is -1.32. The first-order valence-electron chi connectivity index (χ1n) is 7.48. The second kappa shape index (κ2) is 15.7. The molecule has 0 aromatic heterocycles. The molecule has 0 amide bonds. The normalized spacial score (nSPS) is 17.9. The van der Waals surface area contributed by atoms with Crippen LogP contribution in [0, 0.1) is 0 Å². The lowest BCUT2D eigenvalue weighted by Crippen LogP contribution is -2.60. The molecule has 0 saturated heterocycles. The minimum atomic E-state index is -1.49. The standard InChI is InChI=1S/C14H22N2O8.4H3N/c17-11(18)5-15(6-12(19)20)9-3-1-2-4-10(9)16(7-13(21)22)8-14(23)24;;;;/h9-10H,1-8H2,(H,17,18)(H,19,20)(H,21,22)(H,23,24);4*1H3. The summed E-state index contributed by atoms with van der Waals surface area (Å²) in [5.74, 6) is -5.97. The Hall–Kier alpha value is -2.36. The smallest absolute Gasteiger partial charge is 0.0555 e. The van der Waals surface area contributed by atoms with Crippen LogP contribution in [-0.4, -0.2) is 71.9 Å². The summed E-state index contributed by atoms with van der Waals surface area (Å²) in [5.41, 5.74) is 0. The molecule has 1 saturated carbocycles. The Morgan fingerprint density at radius 1 is 0.571 bits per heavy atom. The van der Waals surface area contributed by atoms with E-state index in [0.29, 0.717) is 25.7 Å². The van der Waals surface area contributed by atoms with Gasteiger partial charge in [0.05, 0.1) is 23.9 Å². The summed E-state index contributed by atoms with van der Waals surface area (Å²) < 4.78 is 0. The Kier molecular flexibility index (Phi) is 18.6. The molecule has 1 aliphatic rings. The Morgan fingerprint density at radius 3 is 0.964 bits per heavy atom. The predicted molar refractivity (Wildman–Crippen MR) is 93.2 cm³/mol. The van der Waals surface area contributed by atoms with Crippen LogP contribution in [0.2, 0.25) is 0 Å². The van der Waals surface area contributed by atoms with E-state index in [-0.39, 0.29) is 24.6 Å². The van der Waals surface area contributed by atoms with E-state index >= 15 is 0 Å². The maximum Gasteiger partial charge on any atom is 0.0555 e. The van der Waals surface area contributed by atoms with Crippen LogP contribution in [0.1, 0.15) is 25.7 Å². The Labute approximate surface area is 162 Å². The van der Waals surface area contributed by atoms with Gasteiger partial charge in [-0.3, -0.25) is 9.80 Å². The van der Waals surface area contributed by atoms with Gasteiger partial charge in [-0.1, -0.05) is 12.8 Å². The largest absolute Gasteiger partial charge is 0.549 e. The van der Waals surface area contributed by atoms with Gasteiger partial charge in [0.25, 0.3) is 0 Å². The monoisotopic (exact) mass is 414 g/mol. The number of aliphatic carboxylic acids is 4. The number of nitrogens with zero attached hydrogens (tertiary/aromatic N) is 2. The van der Waals surface area contributed by atoms with E-state index in [4.69, 9.17) is 0 Å². The molecule has 1 aliphatic carbocycles. The second-order valence-electron chi connectivity index (χ2n) is 5.72. The second-order valence-corrected chi connectivity index (χ2v) is 5.72. The number of carboxylic acids is 4. The molecule has 168 valence electrons. The third-order valence-electron chi connectivity index (χ3n) is 3.96. The SMILES string of the molecule is O=C([O-])CN(CC(=O)[O-])C1CCCCC1N(CC(=O)[O-])CC(=O)[O-].[NH4+].[NH4+].[NH4+].[NH4+]. The Morgan fingerprint density at radius 2 is 0.786 bits per heavy atom. The van der Waals surface area contributed by atoms with Crippen molar-refractivity contribution in [2.24, 2.45) is 0 Å². The average molecular weight is 414 g/mol. The predicted octanol–water partition coefficient (Wildman–Crippen LogP) is -4.59. The lowest BCUT2D eigenvalue weighted by atomic mass is 9.87. The fourth-order valence-electron chi connectivity index (χ4n) is 3.19. The van der Waals surface area contributed by atoms with Crippen LogP contribution in [-0.2, 0) is 19.2 Å². The molecule has 2 atom stereocenters. The summed E-state index contributed by atoms with van der Waals surface area (Å²) in [6.45, 7) is -2.72. The molecule has 0 heterocycles. The summed E-state index contributed by atoms with van der Waals surface area (Å²) in [4.78, 5) is 45.7. The van der Waals surface area contributed by atoms with Crippen molar-refractivity contribution in [2.45, 2.75) is 37.8 Å². The van der Waals surface area contributed by atoms with Crippen LogP contribution < -0.4 is 45.0 Å². The summed E-state index contributed by atoms with van der Waals surface area (Å²) in [7, 11) is 0. The van der Waals surface area contributed by atoms with E-state index in [1.807, 2.05) is 0 Å². The number of carbonyl (C=O) groups excluding carboxylic acids is 4. The van der Waals surface area contributed by atoms with E-state index < -0.39 is 62.1 Å². The van der Waals surface area contributed by atoms with Gasteiger partial charge < -0.3 is 64.2 Å². The quantitative estimate of drug-likeness (QED) is 0.265. The minimum absolute atomic E-state index is 0. The fraction of sp³-hybridized carbons (Fsp3) is 0.714. The third-order valence-corrected chi connectivity index (χ3v) is 3.96. The van der Waals surface area contributed by atoms with Gasteiger partial charge >= 0.3 is 0 Å². The van der Waals surface area contributed by atoms with Crippen LogP contribution in [0.3, 0.4) is 0 Å². The molecule has 2 unspecified atom stereocenters. The number of hydrogen-bond donors (Lipinski definition) is 4. The molecule has 0 aromatic carbocycles. The zero-order valence-electron chi connectivity index (χ0n) is 17.0. The van der Waals surface area contributed by atoms with Crippen LogP contribution in [0.4, 0.5) is 0 Å². The molecule has 14 heteroatoms. The first kappa shape index (κ1) is 33.2. The van der Waals surface area contributed by atoms with Crippen molar-refractivity contribution < 1.29 is 39.6 Å². The van der Waals surface area contributed by atoms with Gasteiger partial charge in [0.15, 0.2) is 0 Å². The Balaban J connectivity index is -0.000000720. The van der Waals surface area contributed by atoms with Crippen LogP contribution >= 0.6 is 0 Å². The first-order chi connectivity index (χ1) is 11.2. The van der Waals surface area contributed by atoms with Crippen molar-refractivity contribution in [3.05, 3.63) is 0 Å². The van der Waals surface area contributed by atoms with Crippen molar-refractivity contribution in [2.75, 3.05) is 26.2 Å². The molecular weight excluding hydrogens is 380 g/mol. The first-order valence-corrected chi connectivity index (χ1v) is 7.48. The topological polar surface area (TPSA) is 313 Å². The van der Waals surface area contributed by atoms with Gasteiger partial charge in [0.1, 0.15) is 0 Å². The van der Waals surface area contributed by atoms with Crippen molar-refractivity contribution >= 4 is 23.9 Å². The molecular formula is C14H34N6O8. The number of hydrogen-bond acceptors (Lipinski definition) is 10. The maximum atomic E-state index is 10.9. The van der Waals surface area contributed by atoms with Crippen molar-refractivity contribution in [3.8, 4) is 0 Å². The molecule has 16 N–H and O–H groups in total. The van der Waals surface area contributed by atoms with E-state index in [0.717, 1.165) is 9.80 Å².